The number of hydrogen-bond donors (Lipinski definition) is 2. The predicted octanol–water partition coefficient (Wildman–Crippen LogP) is 3.16. The van der Waals surface area contributed by atoms with Gasteiger partial charge in [0.2, 0.25) is 11.8 Å². The maximum absolute atomic E-state index is 12.5. The van der Waals surface area contributed by atoms with E-state index in [2.05, 4.69) is 20.6 Å². The number of rotatable bonds is 5. The van der Waals surface area contributed by atoms with Crippen molar-refractivity contribution in [3.8, 4) is 0 Å². The molecule has 1 aromatic rings. The average Bonchev–Trinajstić information content (AvgIpc) is 2.52. The summed E-state index contributed by atoms with van der Waals surface area (Å²) in [5.74, 6) is 0.182. The van der Waals surface area contributed by atoms with Crippen molar-refractivity contribution in [2.24, 2.45) is 5.92 Å². The van der Waals surface area contributed by atoms with E-state index < -0.39 is 0 Å². The van der Waals surface area contributed by atoms with Crippen molar-refractivity contribution in [3.63, 3.8) is 0 Å². The van der Waals surface area contributed by atoms with Crippen LogP contribution in [0.4, 0.5) is 0 Å². The molecular weight excluding hydrogens is 360 g/mol. The van der Waals surface area contributed by atoms with Gasteiger partial charge in [-0.15, -0.1) is 0 Å². The molecule has 2 N–H and O–H groups in total. The van der Waals surface area contributed by atoms with Crippen molar-refractivity contribution in [1.29, 1.82) is 0 Å². The molecule has 150 valence electrons. The van der Waals surface area contributed by atoms with Crippen molar-refractivity contribution in [2.75, 3.05) is 0 Å². The number of aryl methyl sites for hydroxylation is 2. The molecule has 2 amide bonds. The molecule has 0 radical (unpaired) electrons. The molecule has 1 atom stereocenters. The molecule has 0 aromatic carbocycles. The lowest BCUT2D eigenvalue weighted by molar-refractivity contribution is -0.127. The first kappa shape index (κ1) is 21.7. The first-order valence-corrected chi connectivity index (χ1v) is 10.5. The van der Waals surface area contributed by atoms with E-state index in [1.54, 1.807) is 0 Å². The van der Waals surface area contributed by atoms with E-state index in [0.717, 1.165) is 37.1 Å². The van der Waals surface area contributed by atoms with E-state index in [1.165, 1.54) is 11.8 Å². The van der Waals surface area contributed by atoms with Gasteiger partial charge in [-0.2, -0.15) is 0 Å². The van der Waals surface area contributed by atoms with Crippen LogP contribution in [0.5, 0.6) is 0 Å². The minimum Gasteiger partial charge on any atom is -0.352 e. The first-order valence-electron chi connectivity index (χ1n) is 9.65. The summed E-state index contributed by atoms with van der Waals surface area (Å²) < 4.78 is 0. The SMILES string of the molecule is Cc1cc(C)nc(SC(C)C(=O)NC2CCC(C(=O)NC(C)(C)C)CC2)n1. The van der Waals surface area contributed by atoms with Crippen LogP contribution in [0, 0.1) is 19.8 Å². The van der Waals surface area contributed by atoms with Crippen LogP contribution in [0.15, 0.2) is 11.2 Å². The lowest BCUT2D eigenvalue weighted by atomic mass is 9.85. The van der Waals surface area contributed by atoms with Gasteiger partial charge < -0.3 is 10.6 Å². The van der Waals surface area contributed by atoms with Gasteiger partial charge in [-0.1, -0.05) is 11.8 Å². The summed E-state index contributed by atoms with van der Waals surface area (Å²) in [5.41, 5.74) is 1.61. The van der Waals surface area contributed by atoms with Crippen LogP contribution < -0.4 is 10.6 Å². The molecule has 1 aliphatic carbocycles. The monoisotopic (exact) mass is 392 g/mol. The molecule has 1 fully saturated rings. The van der Waals surface area contributed by atoms with Crippen molar-refractivity contribution in [2.45, 2.75) is 89.2 Å². The normalized spacial score (nSPS) is 21.4. The number of nitrogens with zero attached hydrogens (tertiary/aromatic N) is 2. The van der Waals surface area contributed by atoms with Gasteiger partial charge in [-0.25, -0.2) is 9.97 Å². The highest BCUT2D eigenvalue weighted by molar-refractivity contribution is 8.00. The number of carbonyl (C=O) groups excluding carboxylic acids is 2. The van der Waals surface area contributed by atoms with Crippen LogP contribution in [0.25, 0.3) is 0 Å². The summed E-state index contributed by atoms with van der Waals surface area (Å²) in [6.45, 7) is 11.7. The van der Waals surface area contributed by atoms with Crippen LogP contribution in [-0.4, -0.2) is 38.6 Å². The maximum Gasteiger partial charge on any atom is 0.233 e. The number of carbonyl (C=O) groups is 2. The molecule has 0 bridgehead atoms. The topological polar surface area (TPSA) is 84.0 Å². The summed E-state index contributed by atoms with van der Waals surface area (Å²) in [4.78, 5) is 33.6. The Bertz CT molecular complexity index is 659. The number of aromatic nitrogens is 2. The van der Waals surface area contributed by atoms with Gasteiger partial charge in [0.15, 0.2) is 5.16 Å². The molecule has 1 aromatic heterocycles. The van der Waals surface area contributed by atoms with Crippen LogP contribution in [0.1, 0.15) is 64.8 Å². The third kappa shape index (κ3) is 7.13. The van der Waals surface area contributed by atoms with Crippen molar-refractivity contribution in [1.82, 2.24) is 20.6 Å². The highest BCUT2D eigenvalue weighted by atomic mass is 32.2. The summed E-state index contributed by atoms with van der Waals surface area (Å²) in [5, 5.41) is 6.56. The van der Waals surface area contributed by atoms with Gasteiger partial charge in [0.1, 0.15) is 0 Å². The Balaban J connectivity index is 1.80. The second kappa shape index (κ2) is 9.04. The van der Waals surface area contributed by atoms with Gasteiger partial charge in [-0.3, -0.25) is 9.59 Å². The Kier molecular flexibility index (Phi) is 7.25. The Hall–Kier alpha value is -1.63. The van der Waals surface area contributed by atoms with Gasteiger partial charge in [0.25, 0.3) is 0 Å². The van der Waals surface area contributed by atoms with E-state index in [-0.39, 0.29) is 34.6 Å². The third-order valence-electron chi connectivity index (χ3n) is 4.56. The largest absolute Gasteiger partial charge is 0.352 e. The molecule has 27 heavy (non-hydrogen) atoms. The predicted molar refractivity (Wildman–Crippen MR) is 109 cm³/mol. The Morgan fingerprint density at radius 2 is 1.67 bits per heavy atom. The smallest absolute Gasteiger partial charge is 0.233 e. The van der Waals surface area contributed by atoms with Gasteiger partial charge in [0.05, 0.1) is 5.25 Å². The van der Waals surface area contributed by atoms with E-state index in [0.29, 0.717) is 5.16 Å². The number of nitrogens with one attached hydrogen (secondary N) is 2. The van der Waals surface area contributed by atoms with E-state index in [1.807, 2.05) is 47.6 Å². The quantitative estimate of drug-likeness (QED) is 0.594. The van der Waals surface area contributed by atoms with E-state index in [9.17, 15) is 9.59 Å². The maximum atomic E-state index is 12.5. The first-order chi connectivity index (χ1) is 12.5. The molecular formula is C20H32N4O2S. The summed E-state index contributed by atoms with van der Waals surface area (Å²) >= 11 is 1.38. The van der Waals surface area contributed by atoms with Gasteiger partial charge in [0, 0.05) is 28.9 Å². The minimum absolute atomic E-state index is 0.00496. The van der Waals surface area contributed by atoms with Crippen LogP contribution in [-0.2, 0) is 9.59 Å². The molecule has 1 unspecified atom stereocenters. The minimum atomic E-state index is -0.256. The van der Waals surface area contributed by atoms with Crippen molar-refractivity contribution < 1.29 is 9.59 Å². The van der Waals surface area contributed by atoms with Crippen LogP contribution >= 0.6 is 11.8 Å². The second-order valence-electron chi connectivity index (χ2n) is 8.49. The zero-order chi connectivity index (χ0) is 20.2. The molecule has 1 aliphatic rings. The van der Waals surface area contributed by atoms with Crippen LogP contribution in [0.2, 0.25) is 0 Å². The standard InChI is InChI=1S/C20H32N4O2S/c1-12-11-13(2)22-19(21-12)27-14(3)17(25)23-16-9-7-15(8-10-16)18(26)24-20(4,5)6/h11,14-16H,7-10H2,1-6H3,(H,23,25)(H,24,26). The van der Waals surface area contributed by atoms with Gasteiger partial charge in [-0.05, 0) is 73.3 Å². The fraction of sp³-hybridized carbons (Fsp3) is 0.700. The van der Waals surface area contributed by atoms with E-state index >= 15 is 0 Å². The number of amides is 2. The highest BCUT2D eigenvalue weighted by Gasteiger charge is 2.29. The van der Waals surface area contributed by atoms with Crippen molar-refractivity contribution >= 4 is 23.6 Å². The highest BCUT2D eigenvalue weighted by Crippen LogP contribution is 2.26. The lowest BCUT2D eigenvalue weighted by Crippen LogP contribution is -2.47. The molecule has 0 aliphatic heterocycles. The Morgan fingerprint density at radius 1 is 1.11 bits per heavy atom. The van der Waals surface area contributed by atoms with E-state index in [4.69, 9.17) is 0 Å². The zero-order valence-corrected chi connectivity index (χ0v) is 18.1. The molecule has 1 saturated carbocycles. The fourth-order valence-electron chi connectivity index (χ4n) is 3.25. The molecule has 7 heteroatoms. The molecule has 1 heterocycles. The summed E-state index contributed by atoms with van der Waals surface area (Å²) in [7, 11) is 0. The number of thioether (sulfide) groups is 1. The van der Waals surface area contributed by atoms with Crippen LogP contribution in [0.3, 0.4) is 0 Å². The molecule has 0 spiro atoms. The second-order valence-corrected chi connectivity index (χ2v) is 9.80. The summed E-state index contributed by atoms with van der Waals surface area (Å²) in [6, 6.07) is 2.06. The zero-order valence-electron chi connectivity index (χ0n) is 17.3. The summed E-state index contributed by atoms with van der Waals surface area (Å²) in [6.07, 6.45) is 3.31. The molecule has 2 rings (SSSR count). The van der Waals surface area contributed by atoms with Crippen molar-refractivity contribution in [3.05, 3.63) is 17.5 Å². The Labute approximate surface area is 166 Å². The fourth-order valence-corrected chi connectivity index (χ4v) is 4.13. The number of hydrogen-bond acceptors (Lipinski definition) is 5. The lowest BCUT2D eigenvalue weighted by Gasteiger charge is -2.31. The third-order valence-corrected chi connectivity index (χ3v) is 5.52. The average molecular weight is 393 g/mol. The molecule has 6 nitrogen and oxygen atoms in total. The Morgan fingerprint density at radius 3 is 2.19 bits per heavy atom. The molecule has 0 saturated heterocycles. The van der Waals surface area contributed by atoms with Gasteiger partial charge >= 0.3 is 0 Å².